The molecule has 1 unspecified atom stereocenters. The molecule has 2 rings (SSSR count). The first-order valence-corrected chi connectivity index (χ1v) is 4.04. The second-order valence-electron chi connectivity index (χ2n) is 2.10. The summed E-state index contributed by atoms with van der Waals surface area (Å²) in [6.45, 7) is 3.56. The third-order valence-corrected chi connectivity index (χ3v) is 2.38. The van der Waals surface area contributed by atoms with Crippen LogP contribution in [0.2, 0.25) is 0 Å². The lowest BCUT2D eigenvalue weighted by Gasteiger charge is -2.19. The third kappa shape index (κ3) is 1.26. The topological polar surface area (TPSA) is 51.4 Å². The van der Waals surface area contributed by atoms with E-state index in [0.717, 1.165) is 13.3 Å². The van der Waals surface area contributed by atoms with Crippen LogP contribution >= 0.6 is 11.9 Å². The first-order chi connectivity index (χ1) is 4.97. The summed E-state index contributed by atoms with van der Waals surface area (Å²) in [5.74, 6) is 0. The summed E-state index contributed by atoms with van der Waals surface area (Å²) in [6.07, 6.45) is 0. The van der Waals surface area contributed by atoms with Gasteiger partial charge in [0.15, 0.2) is 0 Å². The second-order valence-corrected chi connectivity index (χ2v) is 3.07. The highest BCUT2D eigenvalue weighted by atomic mass is 32.2. The van der Waals surface area contributed by atoms with Gasteiger partial charge in [0.2, 0.25) is 0 Å². The fourth-order valence-electron chi connectivity index (χ4n) is 0.934. The van der Waals surface area contributed by atoms with Gasteiger partial charge in [0.25, 0.3) is 0 Å². The highest BCUT2D eigenvalue weighted by molar-refractivity contribution is 7.98. The molecule has 0 aliphatic carbocycles. The number of hydrogen-bond donors (Lipinski definition) is 4. The van der Waals surface area contributed by atoms with E-state index in [-0.39, 0.29) is 0 Å². The van der Waals surface area contributed by atoms with Gasteiger partial charge < -0.3 is 0 Å². The van der Waals surface area contributed by atoms with E-state index in [0.29, 0.717) is 5.50 Å². The van der Waals surface area contributed by atoms with Crippen molar-refractivity contribution in [2.45, 2.75) is 5.50 Å². The van der Waals surface area contributed by atoms with Gasteiger partial charge in [0.05, 0.1) is 13.3 Å². The van der Waals surface area contributed by atoms with Crippen molar-refractivity contribution in [2.24, 2.45) is 0 Å². The van der Waals surface area contributed by atoms with Crippen molar-refractivity contribution in [3.8, 4) is 0 Å². The van der Waals surface area contributed by atoms with Crippen molar-refractivity contribution in [3.05, 3.63) is 6.67 Å². The van der Waals surface area contributed by atoms with Gasteiger partial charge in [0.1, 0.15) is 12.2 Å². The van der Waals surface area contributed by atoms with Crippen LogP contribution < -0.4 is 20.8 Å². The Balaban J connectivity index is 1.85. The van der Waals surface area contributed by atoms with Crippen molar-refractivity contribution in [1.82, 2.24) is 25.8 Å². The Bertz CT molecular complexity index is 94.2. The number of hydrogen-bond acceptors (Lipinski definition) is 6. The lowest BCUT2D eigenvalue weighted by atomic mass is 10.9. The van der Waals surface area contributed by atoms with E-state index in [2.05, 4.69) is 25.8 Å². The average Bonchev–Trinajstić information content (AvgIpc) is 2.59. The van der Waals surface area contributed by atoms with Gasteiger partial charge in [-0.2, -0.15) is 0 Å². The minimum absolute atomic E-state index is 0.339. The van der Waals surface area contributed by atoms with Crippen LogP contribution in [0.5, 0.6) is 0 Å². The molecule has 2 aliphatic heterocycles. The lowest BCUT2D eigenvalue weighted by molar-refractivity contribution is 0.219. The molecule has 2 aliphatic rings. The van der Waals surface area contributed by atoms with Crippen LogP contribution in [-0.2, 0) is 0 Å². The molecule has 0 spiro atoms. The molecule has 2 heterocycles. The first kappa shape index (κ1) is 6.84. The number of rotatable bonds is 1. The highest BCUT2D eigenvalue weighted by Gasteiger charge is 2.24. The quantitative estimate of drug-likeness (QED) is 0.352. The Morgan fingerprint density at radius 2 is 2.60 bits per heavy atom. The molecule has 0 amide bonds. The smallest absolute Gasteiger partial charge is 0.137 e. The maximum Gasteiger partial charge on any atom is 0.137 e. The zero-order valence-electron chi connectivity index (χ0n) is 5.42. The molecule has 1 atom stereocenters. The minimum atomic E-state index is 0.339. The molecule has 1 radical (unpaired) electrons. The number of nitrogens with one attached hydrogen (secondary N) is 4. The molecule has 57 valence electrons. The zero-order chi connectivity index (χ0) is 6.81. The van der Waals surface area contributed by atoms with Crippen molar-refractivity contribution >= 4 is 11.9 Å². The molecule has 0 aromatic heterocycles. The van der Waals surface area contributed by atoms with E-state index in [1.54, 1.807) is 11.9 Å². The summed E-state index contributed by atoms with van der Waals surface area (Å²) >= 11 is 1.68. The summed E-state index contributed by atoms with van der Waals surface area (Å²) in [4.78, 5) is 0. The fraction of sp³-hybridized carbons (Fsp3) is 0.750. The van der Waals surface area contributed by atoms with Crippen LogP contribution in [0.25, 0.3) is 0 Å². The van der Waals surface area contributed by atoms with Crippen LogP contribution in [0.1, 0.15) is 0 Å². The molecule has 0 saturated carbocycles. The summed E-state index contributed by atoms with van der Waals surface area (Å²) in [5, 5.41) is 8.39. The molecule has 0 aromatic rings. The Morgan fingerprint density at radius 3 is 3.20 bits per heavy atom. The molecule has 4 N–H and O–H groups in total. The number of hydrazine groups is 1. The molecule has 0 aromatic carbocycles. The van der Waals surface area contributed by atoms with Gasteiger partial charge >= 0.3 is 0 Å². The Kier molecular flexibility index (Phi) is 2.07. The standard InChI is InChI=1S/C4H10N5S/c1-5-3-9(7-1)4-6-2-8-10-4/h1,4-8H,2-3H2. The van der Waals surface area contributed by atoms with Crippen LogP contribution in [0.15, 0.2) is 0 Å². The van der Waals surface area contributed by atoms with Gasteiger partial charge in [-0.1, -0.05) is 0 Å². The van der Waals surface area contributed by atoms with Crippen LogP contribution in [0, 0.1) is 6.67 Å². The maximum absolute atomic E-state index is 3.25. The molecule has 2 fully saturated rings. The van der Waals surface area contributed by atoms with Gasteiger partial charge in [-0.25, -0.2) is 15.2 Å². The van der Waals surface area contributed by atoms with Gasteiger partial charge in [0, 0.05) is 0 Å². The Morgan fingerprint density at radius 1 is 1.60 bits per heavy atom. The van der Waals surface area contributed by atoms with Crippen molar-refractivity contribution in [2.75, 3.05) is 13.3 Å². The minimum Gasteiger partial charge on any atom is -0.284 e. The predicted molar refractivity (Wildman–Crippen MR) is 39.8 cm³/mol. The summed E-state index contributed by atoms with van der Waals surface area (Å²) in [6, 6.07) is 0. The Labute approximate surface area is 64.0 Å². The van der Waals surface area contributed by atoms with E-state index >= 15 is 0 Å². The summed E-state index contributed by atoms with van der Waals surface area (Å²) in [7, 11) is 0. The lowest BCUT2D eigenvalue weighted by Crippen LogP contribution is -2.44. The van der Waals surface area contributed by atoms with Crippen LogP contribution in [-0.4, -0.2) is 23.8 Å². The van der Waals surface area contributed by atoms with Crippen molar-refractivity contribution in [3.63, 3.8) is 0 Å². The van der Waals surface area contributed by atoms with Crippen molar-refractivity contribution in [1.29, 1.82) is 0 Å². The van der Waals surface area contributed by atoms with E-state index in [1.807, 2.05) is 6.67 Å². The molecule has 2 saturated heterocycles. The fourth-order valence-corrected chi connectivity index (χ4v) is 1.69. The normalized spacial score (nSPS) is 35.4. The zero-order valence-corrected chi connectivity index (χ0v) is 6.24. The van der Waals surface area contributed by atoms with Gasteiger partial charge in [-0.3, -0.25) is 10.6 Å². The second kappa shape index (κ2) is 3.04. The molecule has 5 nitrogen and oxygen atoms in total. The summed E-state index contributed by atoms with van der Waals surface area (Å²) in [5.41, 5.74) is 3.41. The largest absolute Gasteiger partial charge is 0.284 e. The number of nitrogens with zero attached hydrogens (tertiary/aromatic N) is 1. The summed E-state index contributed by atoms with van der Waals surface area (Å²) < 4.78 is 3.13. The molecule has 6 heteroatoms. The van der Waals surface area contributed by atoms with Crippen molar-refractivity contribution < 1.29 is 0 Å². The van der Waals surface area contributed by atoms with Crippen LogP contribution in [0.3, 0.4) is 0 Å². The van der Waals surface area contributed by atoms with E-state index < -0.39 is 0 Å². The first-order valence-electron chi connectivity index (χ1n) is 3.16. The monoisotopic (exact) mass is 160 g/mol. The van der Waals surface area contributed by atoms with E-state index in [9.17, 15) is 0 Å². The predicted octanol–water partition coefficient (Wildman–Crippen LogP) is -1.44. The van der Waals surface area contributed by atoms with E-state index in [1.165, 1.54) is 0 Å². The van der Waals surface area contributed by atoms with Gasteiger partial charge in [-0.05, 0) is 11.9 Å². The van der Waals surface area contributed by atoms with E-state index in [4.69, 9.17) is 0 Å². The van der Waals surface area contributed by atoms with Crippen LogP contribution in [0.4, 0.5) is 0 Å². The third-order valence-electron chi connectivity index (χ3n) is 1.42. The van der Waals surface area contributed by atoms with Gasteiger partial charge in [-0.15, -0.1) is 0 Å². The Hall–Kier alpha value is 0.150. The highest BCUT2D eigenvalue weighted by Crippen LogP contribution is 2.11. The SMILES string of the molecule is [CH]1NCN(C2NCNS2)N1. The molecular formula is C4H10N5S. The molecule has 0 bridgehead atoms. The molecule has 10 heavy (non-hydrogen) atoms. The maximum atomic E-state index is 3.25. The molecular weight excluding hydrogens is 150 g/mol. The average molecular weight is 160 g/mol.